The van der Waals surface area contributed by atoms with Crippen molar-refractivity contribution in [2.24, 2.45) is 11.1 Å². The van der Waals surface area contributed by atoms with Gasteiger partial charge in [0, 0.05) is 20.2 Å². The highest BCUT2D eigenvalue weighted by atomic mass is 16.5. The Labute approximate surface area is 90.8 Å². The molecule has 4 heteroatoms. The lowest BCUT2D eigenvalue weighted by Crippen LogP contribution is -2.46. The first-order valence-electron chi connectivity index (χ1n) is 5.70. The summed E-state index contributed by atoms with van der Waals surface area (Å²) in [5.41, 5.74) is 6.20. The Kier molecular flexibility index (Phi) is 2.98. The Morgan fingerprint density at radius 2 is 2.27 bits per heavy atom. The minimum Gasteiger partial charge on any atom is -0.383 e. The molecule has 86 valence electrons. The number of ether oxygens (including phenoxy) is 1. The Morgan fingerprint density at radius 3 is 2.73 bits per heavy atom. The first kappa shape index (κ1) is 10.9. The fourth-order valence-corrected chi connectivity index (χ4v) is 2.69. The van der Waals surface area contributed by atoms with E-state index in [9.17, 15) is 4.79 Å². The fraction of sp³-hybridized carbons (Fsp3) is 0.909. The van der Waals surface area contributed by atoms with Gasteiger partial charge in [-0.25, -0.2) is 0 Å². The van der Waals surface area contributed by atoms with Crippen LogP contribution in [0.3, 0.4) is 0 Å². The van der Waals surface area contributed by atoms with Crippen LogP contribution in [0.5, 0.6) is 0 Å². The summed E-state index contributed by atoms with van der Waals surface area (Å²) in [7, 11) is 1.57. The average molecular weight is 212 g/mol. The maximum atomic E-state index is 11.9. The quantitative estimate of drug-likeness (QED) is 0.735. The van der Waals surface area contributed by atoms with E-state index in [1.54, 1.807) is 7.11 Å². The van der Waals surface area contributed by atoms with Crippen LogP contribution in [0.1, 0.15) is 25.7 Å². The highest BCUT2D eigenvalue weighted by Gasteiger charge is 2.44. The molecule has 1 aliphatic carbocycles. The van der Waals surface area contributed by atoms with E-state index < -0.39 is 6.04 Å². The molecule has 2 rings (SSSR count). The molecule has 15 heavy (non-hydrogen) atoms. The zero-order valence-electron chi connectivity index (χ0n) is 9.37. The van der Waals surface area contributed by atoms with Crippen LogP contribution in [0.15, 0.2) is 0 Å². The van der Waals surface area contributed by atoms with Gasteiger partial charge >= 0.3 is 0 Å². The predicted octanol–water partition coefficient (Wildman–Crippen LogP) is 0.363. The van der Waals surface area contributed by atoms with Crippen LogP contribution in [-0.4, -0.2) is 43.7 Å². The Morgan fingerprint density at radius 1 is 1.53 bits per heavy atom. The van der Waals surface area contributed by atoms with Gasteiger partial charge in [0.05, 0.1) is 6.61 Å². The van der Waals surface area contributed by atoms with Gasteiger partial charge in [-0.05, 0) is 24.7 Å². The van der Waals surface area contributed by atoms with Gasteiger partial charge in [0.25, 0.3) is 0 Å². The van der Waals surface area contributed by atoms with Crippen molar-refractivity contribution in [2.45, 2.75) is 31.7 Å². The lowest BCUT2D eigenvalue weighted by Gasteiger charge is -2.38. The zero-order valence-corrected chi connectivity index (χ0v) is 9.37. The number of hydrogen-bond acceptors (Lipinski definition) is 3. The van der Waals surface area contributed by atoms with Crippen LogP contribution < -0.4 is 5.73 Å². The van der Waals surface area contributed by atoms with Crippen molar-refractivity contribution in [1.29, 1.82) is 0 Å². The molecule has 1 saturated carbocycles. The number of hydrogen-bond donors (Lipinski definition) is 1. The lowest BCUT2D eigenvalue weighted by atomic mass is 9.68. The SMILES string of the molecule is COCC(N)C(=O)N1CCC2(CCC2)C1. The van der Waals surface area contributed by atoms with E-state index in [0.29, 0.717) is 12.0 Å². The third kappa shape index (κ3) is 2.01. The summed E-state index contributed by atoms with van der Waals surface area (Å²) in [5.74, 6) is 0.0561. The Bertz CT molecular complexity index is 251. The van der Waals surface area contributed by atoms with Gasteiger partial charge in [0.2, 0.25) is 5.91 Å². The Hall–Kier alpha value is -0.610. The molecule has 1 heterocycles. The van der Waals surface area contributed by atoms with Crippen molar-refractivity contribution in [3.63, 3.8) is 0 Å². The van der Waals surface area contributed by atoms with Crippen molar-refractivity contribution in [3.8, 4) is 0 Å². The summed E-state index contributed by atoms with van der Waals surface area (Å²) < 4.78 is 4.90. The first-order valence-corrected chi connectivity index (χ1v) is 5.70. The first-order chi connectivity index (χ1) is 7.17. The minimum absolute atomic E-state index is 0.0561. The smallest absolute Gasteiger partial charge is 0.241 e. The normalized spacial score (nSPS) is 25.3. The van der Waals surface area contributed by atoms with Crippen LogP contribution in [-0.2, 0) is 9.53 Å². The van der Waals surface area contributed by atoms with Crippen LogP contribution >= 0.6 is 0 Å². The molecule has 0 aromatic heterocycles. The maximum Gasteiger partial charge on any atom is 0.241 e. The van der Waals surface area contributed by atoms with E-state index >= 15 is 0 Å². The molecule has 1 saturated heterocycles. The second kappa shape index (κ2) is 4.10. The summed E-state index contributed by atoms with van der Waals surface area (Å²) in [5, 5.41) is 0. The van der Waals surface area contributed by atoms with Crippen LogP contribution in [0, 0.1) is 5.41 Å². The molecule has 1 amide bonds. The molecular formula is C11H20N2O2. The molecule has 0 aromatic carbocycles. The highest BCUT2D eigenvalue weighted by Crippen LogP contribution is 2.47. The average Bonchev–Trinajstić information content (AvgIpc) is 2.61. The van der Waals surface area contributed by atoms with Crippen LogP contribution in [0.4, 0.5) is 0 Å². The molecule has 1 unspecified atom stereocenters. The van der Waals surface area contributed by atoms with Gasteiger partial charge in [0.1, 0.15) is 6.04 Å². The summed E-state index contributed by atoms with van der Waals surface area (Å²) in [6.45, 7) is 2.13. The predicted molar refractivity (Wildman–Crippen MR) is 57.3 cm³/mol. The number of likely N-dealkylation sites (tertiary alicyclic amines) is 1. The van der Waals surface area contributed by atoms with Gasteiger partial charge in [-0.15, -0.1) is 0 Å². The van der Waals surface area contributed by atoms with Crippen molar-refractivity contribution < 1.29 is 9.53 Å². The van der Waals surface area contributed by atoms with E-state index in [4.69, 9.17) is 10.5 Å². The zero-order chi connectivity index (χ0) is 10.9. The Balaban J connectivity index is 1.87. The molecule has 1 atom stereocenters. The van der Waals surface area contributed by atoms with Crippen molar-refractivity contribution in [2.75, 3.05) is 26.8 Å². The summed E-state index contributed by atoms with van der Waals surface area (Å²) in [6.07, 6.45) is 5.07. The summed E-state index contributed by atoms with van der Waals surface area (Å²) in [4.78, 5) is 13.8. The van der Waals surface area contributed by atoms with Crippen molar-refractivity contribution in [1.82, 2.24) is 4.90 Å². The molecule has 0 aromatic rings. The summed E-state index contributed by atoms with van der Waals surface area (Å²) in [6, 6.07) is -0.481. The third-order valence-electron chi connectivity index (χ3n) is 3.83. The number of amides is 1. The standard InChI is InChI=1S/C11H20N2O2/c1-15-7-9(12)10(14)13-6-5-11(8-13)3-2-4-11/h9H,2-8,12H2,1H3. The van der Waals surface area contributed by atoms with E-state index in [-0.39, 0.29) is 5.91 Å². The van der Waals surface area contributed by atoms with E-state index in [1.807, 2.05) is 4.90 Å². The van der Waals surface area contributed by atoms with Gasteiger partial charge < -0.3 is 15.4 Å². The van der Waals surface area contributed by atoms with E-state index in [0.717, 1.165) is 13.1 Å². The number of nitrogens with zero attached hydrogens (tertiary/aromatic N) is 1. The van der Waals surface area contributed by atoms with E-state index in [1.165, 1.54) is 25.7 Å². The van der Waals surface area contributed by atoms with E-state index in [2.05, 4.69) is 0 Å². The van der Waals surface area contributed by atoms with Gasteiger partial charge in [-0.3, -0.25) is 4.79 Å². The molecular weight excluding hydrogens is 192 g/mol. The second-order valence-electron chi connectivity index (χ2n) is 4.93. The molecule has 0 radical (unpaired) electrons. The summed E-state index contributed by atoms with van der Waals surface area (Å²) >= 11 is 0. The fourth-order valence-electron chi connectivity index (χ4n) is 2.69. The topological polar surface area (TPSA) is 55.6 Å². The van der Waals surface area contributed by atoms with Crippen LogP contribution in [0.2, 0.25) is 0 Å². The highest BCUT2D eigenvalue weighted by molar-refractivity contribution is 5.82. The number of carbonyl (C=O) groups is 1. The minimum atomic E-state index is -0.481. The second-order valence-corrected chi connectivity index (χ2v) is 4.93. The molecule has 2 aliphatic rings. The number of nitrogens with two attached hydrogens (primary N) is 1. The van der Waals surface area contributed by atoms with Crippen molar-refractivity contribution in [3.05, 3.63) is 0 Å². The van der Waals surface area contributed by atoms with Gasteiger partial charge in [-0.1, -0.05) is 6.42 Å². The molecule has 2 N–H and O–H groups in total. The molecule has 2 fully saturated rings. The molecule has 1 aliphatic heterocycles. The molecule has 1 spiro atoms. The third-order valence-corrected chi connectivity index (χ3v) is 3.83. The molecule has 0 bridgehead atoms. The number of carbonyl (C=O) groups excluding carboxylic acids is 1. The van der Waals surface area contributed by atoms with Gasteiger partial charge in [-0.2, -0.15) is 0 Å². The van der Waals surface area contributed by atoms with Crippen molar-refractivity contribution >= 4 is 5.91 Å². The lowest BCUT2D eigenvalue weighted by molar-refractivity contribution is -0.133. The largest absolute Gasteiger partial charge is 0.383 e. The van der Waals surface area contributed by atoms with Gasteiger partial charge in [0.15, 0.2) is 0 Å². The number of methoxy groups -OCH3 is 1. The maximum absolute atomic E-state index is 11.9. The van der Waals surface area contributed by atoms with Crippen LogP contribution in [0.25, 0.3) is 0 Å². The molecule has 4 nitrogen and oxygen atoms in total. The number of rotatable bonds is 3. The monoisotopic (exact) mass is 212 g/mol.